The number of ether oxygens (including phenoxy) is 10. The molecule has 3 aromatic carbocycles. The van der Waals surface area contributed by atoms with E-state index in [1.807, 2.05) is 66.7 Å². The van der Waals surface area contributed by atoms with Crippen LogP contribution in [0.1, 0.15) is 11.1 Å². The van der Waals surface area contributed by atoms with Crippen molar-refractivity contribution in [2.24, 2.45) is 0 Å². The largest absolute Gasteiger partial charge is 0.491 e. The highest BCUT2D eigenvalue weighted by Gasteiger charge is 2.09. The Bertz CT molecular complexity index is 1330. The molecule has 4 rings (SSSR count). The van der Waals surface area contributed by atoms with E-state index in [0.717, 1.165) is 16.9 Å². The van der Waals surface area contributed by atoms with E-state index in [9.17, 15) is 0 Å². The van der Waals surface area contributed by atoms with E-state index in [4.69, 9.17) is 53.8 Å². The highest BCUT2D eigenvalue weighted by Crippen LogP contribution is 2.29. The van der Waals surface area contributed by atoms with E-state index >= 15 is 0 Å². The number of hydrogen-bond donors (Lipinski definition) is 1. The molecule has 0 aliphatic carbocycles. The molecule has 0 atom stereocenters. The van der Waals surface area contributed by atoms with Gasteiger partial charge in [-0.25, -0.2) is 0 Å². The van der Waals surface area contributed by atoms with Gasteiger partial charge in [-0.3, -0.25) is 0 Å². The first kappa shape index (κ1) is 36.8. The molecule has 0 aromatic heterocycles. The van der Waals surface area contributed by atoms with Gasteiger partial charge < -0.3 is 52.7 Å². The standard InChI is InChI=1S/C37H47NO10/c1-2-13-39-18-23-44-33-10-7-31(8-11-33)29-38-30-32-9-12-36-37(28-32)48-27-22-43-17-16-41-20-25-46-35-6-4-3-5-34(35)45-24-19-40-14-15-42-21-26-47-36/h1,3-12,28,38H,13-27,29-30H2. The molecular formula is C37H47NO10. The van der Waals surface area contributed by atoms with E-state index in [-0.39, 0.29) is 6.61 Å². The molecule has 1 aliphatic heterocycles. The van der Waals surface area contributed by atoms with Crippen LogP contribution in [0.3, 0.4) is 0 Å². The number of hydrogen-bond acceptors (Lipinski definition) is 11. The Morgan fingerprint density at radius 2 is 1.02 bits per heavy atom. The smallest absolute Gasteiger partial charge is 0.161 e. The predicted molar refractivity (Wildman–Crippen MR) is 180 cm³/mol. The van der Waals surface area contributed by atoms with E-state index in [2.05, 4.69) is 11.2 Å². The van der Waals surface area contributed by atoms with Crippen molar-refractivity contribution in [1.82, 2.24) is 5.32 Å². The second-order valence-corrected chi connectivity index (χ2v) is 10.4. The Hall–Kier alpha value is -4.02. The molecule has 0 spiro atoms. The molecule has 0 fully saturated rings. The highest BCUT2D eigenvalue weighted by molar-refractivity contribution is 5.43. The fraction of sp³-hybridized carbons (Fsp3) is 0.459. The summed E-state index contributed by atoms with van der Waals surface area (Å²) in [5.41, 5.74) is 2.21. The van der Waals surface area contributed by atoms with E-state index < -0.39 is 0 Å². The first-order valence-corrected chi connectivity index (χ1v) is 16.3. The third-order valence-corrected chi connectivity index (χ3v) is 6.81. The van der Waals surface area contributed by atoms with Crippen LogP contribution in [0.2, 0.25) is 0 Å². The van der Waals surface area contributed by atoms with Crippen molar-refractivity contribution in [3.05, 3.63) is 77.9 Å². The minimum atomic E-state index is 0.289. The second-order valence-electron chi connectivity index (χ2n) is 10.4. The number of benzene rings is 3. The number of terminal acetylenes is 1. The lowest BCUT2D eigenvalue weighted by Crippen LogP contribution is -2.16. The van der Waals surface area contributed by atoms with Crippen LogP contribution < -0.4 is 29.0 Å². The first-order chi connectivity index (χ1) is 23.8. The normalized spacial score (nSPS) is 15.8. The predicted octanol–water partition coefficient (Wildman–Crippen LogP) is 4.30. The van der Waals surface area contributed by atoms with Crippen molar-refractivity contribution >= 4 is 0 Å². The summed E-state index contributed by atoms with van der Waals surface area (Å²) >= 11 is 0. The summed E-state index contributed by atoms with van der Waals surface area (Å²) in [5, 5.41) is 3.49. The van der Waals surface area contributed by atoms with Crippen molar-refractivity contribution in [1.29, 1.82) is 0 Å². The molecule has 1 heterocycles. The van der Waals surface area contributed by atoms with Gasteiger partial charge in [0.2, 0.25) is 0 Å². The molecule has 0 saturated heterocycles. The summed E-state index contributed by atoms with van der Waals surface area (Å²) < 4.78 is 57.4. The summed E-state index contributed by atoms with van der Waals surface area (Å²) in [6.07, 6.45) is 5.18. The highest BCUT2D eigenvalue weighted by atomic mass is 16.6. The molecule has 260 valence electrons. The van der Waals surface area contributed by atoms with Gasteiger partial charge in [-0.15, -0.1) is 6.42 Å². The van der Waals surface area contributed by atoms with E-state index in [0.29, 0.717) is 129 Å². The number of para-hydroxylation sites is 2. The maximum absolute atomic E-state index is 6.09. The van der Waals surface area contributed by atoms with E-state index in [1.165, 1.54) is 0 Å². The summed E-state index contributed by atoms with van der Waals surface area (Å²) in [6.45, 7) is 7.59. The average Bonchev–Trinajstić information content (AvgIpc) is 3.11. The van der Waals surface area contributed by atoms with Gasteiger partial charge in [0.05, 0.1) is 59.5 Å². The summed E-state index contributed by atoms with van der Waals surface area (Å²) in [5.74, 6) is 5.86. The molecule has 1 aliphatic rings. The zero-order valence-corrected chi connectivity index (χ0v) is 27.5. The molecule has 0 saturated carbocycles. The van der Waals surface area contributed by atoms with Crippen LogP contribution in [0.15, 0.2) is 66.7 Å². The fourth-order valence-electron chi connectivity index (χ4n) is 4.47. The van der Waals surface area contributed by atoms with Gasteiger partial charge in [0.1, 0.15) is 45.4 Å². The van der Waals surface area contributed by atoms with Gasteiger partial charge in [-0.2, -0.15) is 0 Å². The SMILES string of the molecule is C#CCOCCOc1ccc(CNCc2ccc3c(c2)OCCOCCOCCOc2ccccc2OCCOCCOCCO3)cc1. The summed E-state index contributed by atoms with van der Waals surface area (Å²) in [4.78, 5) is 0. The van der Waals surface area contributed by atoms with Gasteiger partial charge in [-0.1, -0.05) is 36.3 Å². The Morgan fingerprint density at radius 1 is 0.542 bits per heavy atom. The quantitative estimate of drug-likeness (QED) is 0.262. The van der Waals surface area contributed by atoms with Crippen LogP contribution in [0, 0.1) is 12.3 Å². The number of fused-ring (bicyclic) bond motifs is 2. The van der Waals surface area contributed by atoms with Crippen LogP contribution in [-0.2, 0) is 36.8 Å². The lowest BCUT2D eigenvalue weighted by atomic mass is 10.2. The minimum absolute atomic E-state index is 0.289. The molecule has 0 bridgehead atoms. The van der Waals surface area contributed by atoms with Crippen LogP contribution >= 0.6 is 0 Å². The zero-order chi connectivity index (χ0) is 33.3. The molecule has 0 unspecified atom stereocenters. The monoisotopic (exact) mass is 665 g/mol. The van der Waals surface area contributed by atoms with Crippen molar-refractivity contribution in [3.8, 4) is 41.1 Å². The second kappa shape index (κ2) is 23.3. The summed E-state index contributed by atoms with van der Waals surface area (Å²) in [7, 11) is 0. The molecule has 0 radical (unpaired) electrons. The zero-order valence-electron chi connectivity index (χ0n) is 27.5. The topological polar surface area (TPSA) is 104 Å². The minimum Gasteiger partial charge on any atom is -0.491 e. The average molecular weight is 666 g/mol. The van der Waals surface area contributed by atoms with Gasteiger partial charge in [0, 0.05) is 13.1 Å². The first-order valence-electron chi connectivity index (χ1n) is 16.3. The Balaban J connectivity index is 1.22. The molecule has 1 N–H and O–H groups in total. The third-order valence-electron chi connectivity index (χ3n) is 6.81. The van der Waals surface area contributed by atoms with Crippen LogP contribution in [0.25, 0.3) is 0 Å². The van der Waals surface area contributed by atoms with Crippen LogP contribution in [0.5, 0.6) is 28.7 Å². The molecule has 11 heteroatoms. The Labute approximate surface area is 283 Å². The molecule has 3 aromatic rings. The van der Waals surface area contributed by atoms with Crippen LogP contribution in [-0.4, -0.2) is 99.1 Å². The van der Waals surface area contributed by atoms with Crippen molar-refractivity contribution in [3.63, 3.8) is 0 Å². The Morgan fingerprint density at radius 3 is 1.58 bits per heavy atom. The maximum Gasteiger partial charge on any atom is 0.161 e. The number of rotatable bonds is 9. The van der Waals surface area contributed by atoms with Gasteiger partial charge in [0.25, 0.3) is 0 Å². The van der Waals surface area contributed by atoms with Crippen molar-refractivity contribution in [2.45, 2.75) is 13.1 Å². The lowest BCUT2D eigenvalue weighted by molar-refractivity contribution is 0.0223. The van der Waals surface area contributed by atoms with Gasteiger partial charge >= 0.3 is 0 Å². The fourth-order valence-corrected chi connectivity index (χ4v) is 4.47. The van der Waals surface area contributed by atoms with Gasteiger partial charge in [0.15, 0.2) is 23.0 Å². The molecule has 0 amide bonds. The number of nitrogens with one attached hydrogen (secondary N) is 1. The maximum atomic E-state index is 6.09. The third kappa shape index (κ3) is 14.8. The lowest BCUT2D eigenvalue weighted by Gasteiger charge is -2.15. The molecule has 48 heavy (non-hydrogen) atoms. The van der Waals surface area contributed by atoms with Crippen LogP contribution in [0.4, 0.5) is 0 Å². The van der Waals surface area contributed by atoms with Gasteiger partial charge in [-0.05, 0) is 47.5 Å². The Kier molecular flexibility index (Phi) is 17.9. The molecular weight excluding hydrogens is 618 g/mol. The van der Waals surface area contributed by atoms with Crippen molar-refractivity contribution in [2.75, 3.05) is 99.1 Å². The van der Waals surface area contributed by atoms with Crippen molar-refractivity contribution < 1.29 is 47.4 Å². The summed E-state index contributed by atoms with van der Waals surface area (Å²) in [6, 6.07) is 21.5. The van der Waals surface area contributed by atoms with E-state index in [1.54, 1.807) is 0 Å². The molecule has 11 nitrogen and oxygen atoms in total.